The molecule has 1 N–H and O–H groups in total. The van der Waals surface area contributed by atoms with Crippen molar-refractivity contribution in [2.45, 2.75) is 6.61 Å². The molecule has 0 atom stereocenters. The van der Waals surface area contributed by atoms with Gasteiger partial charge in [0.05, 0.1) is 17.3 Å². The molecule has 0 aliphatic rings. The highest BCUT2D eigenvalue weighted by atomic mass is 16.5. The van der Waals surface area contributed by atoms with Crippen molar-refractivity contribution in [3.63, 3.8) is 0 Å². The predicted molar refractivity (Wildman–Crippen MR) is 69.3 cm³/mol. The summed E-state index contributed by atoms with van der Waals surface area (Å²) in [5, 5.41) is 11.8. The van der Waals surface area contributed by atoms with Gasteiger partial charge in [-0.15, -0.1) is 0 Å². The number of hydrogen-bond donors (Lipinski definition) is 1. The second-order valence-electron chi connectivity index (χ2n) is 3.69. The van der Waals surface area contributed by atoms with Gasteiger partial charge in [-0.05, 0) is 30.3 Å². The Morgan fingerprint density at radius 3 is 2.89 bits per heavy atom. The highest BCUT2D eigenvalue weighted by Gasteiger charge is 1.99. The van der Waals surface area contributed by atoms with Crippen LogP contribution in [0.3, 0.4) is 0 Å². The Bertz CT molecular complexity index is 575. The van der Waals surface area contributed by atoms with Gasteiger partial charge in [0.25, 0.3) is 0 Å². The molecule has 4 heteroatoms. The van der Waals surface area contributed by atoms with Gasteiger partial charge in [0.2, 0.25) is 0 Å². The van der Waals surface area contributed by atoms with Crippen molar-refractivity contribution in [1.82, 2.24) is 4.98 Å². The number of nitrogens with one attached hydrogen (secondary N) is 1. The van der Waals surface area contributed by atoms with Gasteiger partial charge in [0.1, 0.15) is 18.2 Å². The normalized spacial score (nSPS) is 9.56. The number of pyridine rings is 1. The minimum Gasteiger partial charge on any atom is -0.487 e. The standard InChI is InChI=1S/C14H13N3O/c1-16-14-7-3-5-12(17-14)10-18-13-6-2-4-11(8-13)9-15/h2-8H,10H2,1H3,(H,16,17). The van der Waals surface area contributed by atoms with E-state index in [9.17, 15) is 0 Å². The van der Waals surface area contributed by atoms with Gasteiger partial charge in [-0.3, -0.25) is 0 Å². The van der Waals surface area contributed by atoms with E-state index in [2.05, 4.69) is 16.4 Å². The van der Waals surface area contributed by atoms with Crippen LogP contribution in [0.25, 0.3) is 0 Å². The van der Waals surface area contributed by atoms with Crippen molar-refractivity contribution in [2.24, 2.45) is 0 Å². The summed E-state index contributed by atoms with van der Waals surface area (Å²) in [7, 11) is 1.82. The third-order valence-corrected chi connectivity index (χ3v) is 2.41. The molecule has 0 fully saturated rings. The molecule has 4 nitrogen and oxygen atoms in total. The van der Waals surface area contributed by atoms with Gasteiger partial charge in [-0.25, -0.2) is 4.98 Å². The molecule has 18 heavy (non-hydrogen) atoms. The number of ether oxygens (including phenoxy) is 1. The minimum atomic E-state index is 0.379. The number of anilines is 1. The molecule has 0 amide bonds. The molecular weight excluding hydrogens is 226 g/mol. The summed E-state index contributed by atoms with van der Waals surface area (Å²) >= 11 is 0. The number of hydrogen-bond acceptors (Lipinski definition) is 4. The van der Waals surface area contributed by atoms with E-state index in [1.165, 1.54) is 0 Å². The van der Waals surface area contributed by atoms with Crippen molar-refractivity contribution in [3.05, 3.63) is 53.7 Å². The van der Waals surface area contributed by atoms with Gasteiger partial charge in [-0.1, -0.05) is 12.1 Å². The van der Waals surface area contributed by atoms with Crippen LogP contribution in [0.15, 0.2) is 42.5 Å². The molecule has 0 saturated carbocycles. The highest BCUT2D eigenvalue weighted by molar-refractivity contribution is 5.37. The monoisotopic (exact) mass is 239 g/mol. The smallest absolute Gasteiger partial charge is 0.130 e. The van der Waals surface area contributed by atoms with Gasteiger partial charge in [0.15, 0.2) is 0 Å². The Balaban J connectivity index is 2.04. The minimum absolute atomic E-state index is 0.379. The van der Waals surface area contributed by atoms with Crippen molar-refractivity contribution in [1.29, 1.82) is 5.26 Å². The lowest BCUT2D eigenvalue weighted by Crippen LogP contribution is -2.00. The third kappa shape index (κ3) is 2.98. The van der Waals surface area contributed by atoms with Crippen molar-refractivity contribution in [3.8, 4) is 11.8 Å². The molecule has 0 spiro atoms. The van der Waals surface area contributed by atoms with Gasteiger partial charge in [-0.2, -0.15) is 5.26 Å². The van der Waals surface area contributed by atoms with Crippen LogP contribution in [0.1, 0.15) is 11.3 Å². The van der Waals surface area contributed by atoms with Gasteiger partial charge >= 0.3 is 0 Å². The zero-order valence-electron chi connectivity index (χ0n) is 10.1. The summed E-state index contributed by atoms with van der Waals surface area (Å²) in [4.78, 5) is 4.35. The average molecular weight is 239 g/mol. The molecule has 1 aromatic heterocycles. The van der Waals surface area contributed by atoms with Gasteiger partial charge in [0, 0.05) is 7.05 Å². The first kappa shape index (κ1) is 11.9. The summed E-state index contributed by atoms with van der Waals surface area (Å²) in [6.45, 7) is 0.379. The zero-order valence-corrected chi connectivity index (χ0v) is 10.1. The molecule has 2 rings (SSSR count). The molecule has 1 aromatic carbocycles. The van der Waals surface area contributed by atoms with E-state index in [1.54, 1.807) is 18.2 Å². The summed E-state index contributed by atoms with van der Waals surface area (Å²) < 4.78 is 5.59. The van der Waals surface area contributed by atoms with Crippen LogP contribution in [0.5, 0.6) is 5.75 Å². The van der Waals surface area contributed by atoms with Crippen LogP contribution in [-0.2, 0) is 6.61 Å². The maximum Gasteiger partial charge on any atom is 0.130 e. The number of benzene rings is 1. The summed E-state index contributed by atoms with van der Waals surface area (Å²) in [6, 6.07) is 14.9. The molecule has 0 radical (unpaired) electrons. The maximum absolute atomic E-state index is 8.79. The highest BCUT2D eigenvalue weighted by Crippen LogP contribution is 2.14. The van der Waals surface area contributed by atoms with Crippen LogP contribution in [0.2, 0.25) is 0 Å². The quantitative estimate of drug-likeness (QED) is 0.890. The summed E-state index contributed by atoms with van der Waals surface area (Å²) in [6.07, 6.45) is 0. The van der Waals surface area contributed by atoms with E-state index in [-0.39, 0.29) is 0 Å². The summed E-state index contributed by atoms with van der Waals surface area (Å²) in [5.41, 5.74) is 1.42. The first-order chi connectivity index (χ1) is 8.81. The lowest BCUT2D eigenvalue weighted by Gasteiger charge is -2.07. The molecule has 0 saturated heterocycles. The van der Waals surface area contributed by atoms with Crippen LogP contribution in [0.4, 0.5) is 5.82 Å². The lowest BCUT2D eigenvalue weighted by atomic mass is 10.2. The van der Waals surface area contributed by atoms with Gasteiger partial charge < -0.3 is 10.1 Å². The fraction of sp³-hybridized carbons (Fsp3) is 0.143. The Labute approximate surface area is 106 Å². The lowest BCUT2D eigenvalue weighted by molar-refractivity contribution is 0.301. The topological polar surface area (TPSA) is 57.9 Å². The molecule has 90 valence electrons. The molecule has 0 aliphatic carbocycles. The summed E-state index contributed by atoms with van der Waals surface area (Å²) in [5.74, 6) is 1.48. The van der Waals surface area contributed by atoms with Crippen LogP contribution in [0, 0.1) is 11.3 Å². The number of nitrogens with zero attached hydrogens (tertiary/aromatic N) is 2. The number of rotatable bonds is 4. The van der Waals surface area contributed by atoms with Crippen molar-refractivity contribution in [2.75, 3.05) is 12.4 Å². The van der Waals surface area contributed by atoms with Crippen molar-refractivity contribution >= 4 is 5.82 Å². The van der Waals surface area contributed by atoms with Crippen LogP contribution >= 0.6 is 0 Å². The number of aromatic nitrogens is 1. The first-order valence-corrected chi connectivity index (χ1v) is 5.58. The molecule has 0 unspecified atom stereocenters. The predicted octanol–water partition coefficient (Wildman–Crippen LogP) is 2.57. The SMILES string of the molecule is CNc1cccc(COc2cccc(C#N)c2)n1. The Morgan fingerprint density at radius 1 is 1.28 bits per heavy atom. The Hall–Kier alpha value is -2.54. The Kier molecular flexibility index (Phi) is 3.77. The van der Waals surface area contributed by atoms with E-state index in [1.807, 2.05) is 31.3 Å². The third-order valence-electron chi connectivity index (χ3n) is 2.41. The van der Waals surface area contributed by atoms with E-state index in [0.29, 0.717) is 17.9 Å². The second-order valence-corrected chi connectivity index (χ2v) is 3.69. The fourth-order valence-electron chi connectivity index (χ4n) is 1.51. The molecule has 0 aliphatic heterocycles. The molecule has 0 bridgehead atoms. The first-order valence-electron chi connectivity index (χ1n) is 5.58. The Morgan fingerprint density at radius 2 is 2.11 bits per heavy atom. The van der Waals surface area contributed by atoms with Crippen molar-refractivity contribution < 1.29 is 4.74 Å². The van der Waals surface area contributed by atoms with E-state index >= 15 is 0 Å². The molecular formula is C14H13N3O. The average Bonchev–Trinajstić information content (AvgIpc) is 2.45. The van der Waals surface area contributed by atoms with E-state index in [4.69, 9.17) is 10.00 Å². The molecule has 1 heterocycles. The fourth-order valence-corrected chi connectivity index (χ4v) is 1.51. The second kappa shape index (κ2) is 5.69. The van der Waals surface area contributed by atoms with E-state index < -0.39 is 0 Å². The zero-order chi connectivity index (χ0) is 12.8. The largest absolute Gasteiger partial charge is 0.487 e. The van der Waals surface area contributed by atoms with E-state index in [0.717, 1.165) is 11.5 Å². The maximum atomic E-state index is 8.79. The van der Waals surface area contributed by atoms with Crippen LogP contribution < -0.4 is 10.1 Å². The number of nitriles is 1. The molecule has 2 aromatic rings. The van der Waals surface area contributed by atoms with Crippen LogP contribution in [-0.4, -0.2) is 12.0 Å².